The van der Waals surface area contributed by atoms with E-state index in [0.717, 1.165) is 58.1 Å². The minimum atomic E-state index is 0. The van der Waals surface area contributed by atoms with E-state index in [1.807, 2.05) is 7.05 Å². The highest BCUT2D eigenvalue weighted by Gasteiger charge is 2.42. The maximum atomic E-state index is 5.27. The molecule has 1 N–H and O–H groups in total. The Morgan fingerprint density at radius 1 is 1.18 bits per heavy atom. The van der Waals surface area contributed by atoms with Crippen molar-refractivity contribution in [3.8, 4) is 0 Å². The minimum Gasteiger partial charge on any atom is -0.385 e. The fourth-order valence-electron chi connectivity index (χ4n) is 4.23. The molecular formula is C22H37IN4O. The van der Waals surface area contributed by atoms with Crippen LogP contribution in [0, 0.1) is 5.41 Å². The zero-order valence-electron chi connectivity index (χ0n) is 17.7. The lowest BCUT2D eigenvalue weighted by molar-refractivity contribution is 0.126. The lowest BCUT2D eigenvalue weighted by Crippen LogP contribution is -2.53. The second-order valence-electron chi connectivity index (χ2n) is 8.00. The highest BCUT2D eigenvalue weighted by atomic mass is 127. The molecule has 0 amide bonds. The third-order valence-corrected chi connectivity index (χ3v) is 6.25. The maximum Gasteiger partial charge on any atom is 0.193 e. The van der Waals surface area contributed by atoms with E-state index in [1.165, 1.54) is 18.4 Å². The van der Waals surface area contributed by atoms with Crippen LogP contribution in [0.3, 0.4) is 0 Å². The van der Waals surface area contributed by atoms with Crippen molar-refractivity contribution in [1.82, 2.24) is 15.1 Å². The van der Waals surface area contributed by atoms with E-state index in [4.69, 9.17) is 4.74 Å². The number of halogens is 1. The summed E-state index contributed by atoms with van der Waals surface area (Å²) in [5.41, 5.74) is 1.87. The van der Waals surface area contributed by atoms with Crippen LogP contribution in [0.5, 0.6) is 0 Å². The zero-order valence-corrected chi connectivity index (χ0v) is 20.0. The lowest BCUT2D eigenvalue weighted by atomic mass is 10.0. The topological polar surface area (TPSA) is 40.1 Å². The van der Waals surface area contributed by atoms with Gasteiger partial charge in [-0.05, 0) is 36.7 Å². The first-order valence-corrected chi connectivity index (χ1v) is 10.4. The number of nitrogens with one attached hydrogen (secondary N) is 1. The normalized spacial score (nSPS) is 20.4. The number of piperazine rings is 1. The molecule has 1 atom stereocenters. The van der Waals surface area contributed by atoms with Gasteiger partial charge in [-0.25, -0.2) is 0 Å². The van der Waals surface area contributed by atoms with Crippen LogP contribution >= 0.6 is 24.0 Å². The predicted octanol–water partition coefficient (Wildman–Crippen LogP) is 3.77. The first-order valence-electron chi connectivity index (χ1n) is 10.4. The Morgan fingerprint density at radius 2 is 1.86 bits per heavy atom. The molecule has 158 valence electrons. The lowest BCUT2D eigenvalue weighted by Gasteiger charge is -2.40. The number of methoxy groups -OCH3 is 1. The Bertz CT molecular complexity index is 598. The molecule has 0 aromatic heterocycles. The zero-order chi connectivity index (χ0) is 19.1. The van der Waals surface area contributed by atoms with Crippen molar-refractivity contribution in [3.05, 3.63) is 35.9 Å². The van der Waals surface area contributed by atoms with E-state index in [-0.39, 0.29) is 24.0 Å². The molecule has 2 aliphatic rings. The summed E-state index contributed by atoms with van der Waals surface area (Å²) < 4.78 is 5.27. The summed E-state index contributed by atoms with van der Waals surface area (Å²) in [6.45, 7) is 8.41. The van der Waals surface area contributed by atoms with Gasteiger partial charge in [0.2, 0.25) is 0 Å². The summed E-state index contributed by atoms with van der Waals surface area (Å²) in [4.78, 5) is 9.60. The molecule has 1 unspecified atom stereocenters. The number of hydrogen-bond acceptors (Lipinski definition) is 3. The van der Waals surface area contributed by atoms with Crippen LogP contribution in [0.15, 0.2) is 35.3 Å². The Balaban J connectivity index is 0.00000280. The summed E-state index contributed by atoms with van der Waals surface area (Å²) in [6, 6.07) is 11.4. The van der Waals surface area contributed by atoms with E-state index in [0.29, 0.717) is 11.5 Å². The van der Waals surface area contributed by atoms with Gasteiger partial charge >= 0.3 is 0 Å². The molecule has 6 heteroatoms. The number of guanidine groups is 1. The van der Waals surface area contributed by atoms with Gasteiger partial charge in [0, 0.05) is 59.5 Å². The van der Waals surface area contributed by atoms with Crippen LogP contribution < -0.4 is 5.32 Å². The van der Waals surface area contributed by atoms with Gasteiger partial charge < -0.3 is 15.0 Å². The van der Waals surface area contributed by atoms with Gasteiger partial charge in [0.05, 0.1) is 0 Å². The Hall–Kier alpha value is -0.860. The van der Waals surface area contributed by atoms with E-state index < -0.39 is 0 Å². The van der Waals surface area contributed by atoms with Gasteiger partial charge in [-0.3, -0.25) is 9.89 Å². The average molecular weight is 500 g/mol. The van der Waals surface area contributed by atoms with E-state index in [1.54, 1.807) is 7.11 Å². The van der Waals surface area contributed by atoms with Gasteiger partial charge in [-0.15, -0.1) is 24.0 Å². The molecule has 1 saturated heterocycles. The van der Waals surface area contributed by atoms with Crippen LogP contribution in [-0.2, 0) is 4.74 Å². The van der Waals surface area contributed by atoms with Crippen LogP contribution in [-0.4, -0.2) is 69.2 Å². The Labute approximate surface area is 187 Å². The molecule has 5 nitrogen and oxygen atoms in total. The van der Waals surface area contributed by atoms with Gasteiger partial charge in [0.15, 0.2) is 5.96 Å². The van der Waals surface area contributed by atoms with Crippen molar-refractivity contribution < 1.29 is 4.74 Å². The van der Waals surface area contributed by atoms with E-state index in [2.05, 4.69) is 57.4 Å². The minimum absolute atomic E-state index is 0. The SMILES string of the molecule is CCC(c1ccccc1)N1CCN(C(=NC)NCC2(CCOC)CC2)CC1.I. The first kappa shape index (κ1) is 23.4. The highest BCUT2D eigenvalue weighted by Crippen LogP contribution is 2.48. The Kier molecular flexibility index (Phi) is 9.50. The summed E-state index contributed by atoms with van der Waals surface area (Å²) >= 11 is 0. The van der Waals surface area contributed by atoms with E-state index >= 15 is 0 Å². The van der Waals surface area contributed by atoms with Crippen molar-refractivity contribution in [1.29, 1.82) is 0 Å². The van der Waals surface area contributed by atoms with Crippen molar-refractivity contribution >= 4 is 29.9 Å². The number of ether oxygens (including phenoxy) is 1. The molecule has 1 heterocycles. The fraction of sp³-hybridized carbons (Fsp3) is 0.682. The largest absolute Gasteiger partial charge is 0.385 e. The standard InChI is InChI=1S/C22H36N4O.HI/c1-4-20(19-8-6-5-7-9-19)25-13-15-26(16-14-25)21(23-2)24-18-22(10-11-22)12-17-27-3;/h5-9,20H,4,10-18H2,1-3H3,(H,23,24);1H. The van der Waals surface area contributed by atoms with Crippen molar-refractivity contribution in [3.63, 3.8) is 0 Å². The summed E-state index contributed by atoms with van der Waals surface area (Å²) in [5.74, 6) is 1.06. The van der Waals surface area contributed by atoms with Crippen LogP contribution in [0.25, 0.3) is 0 Å². The second-order valence-corrected chi connectivity index (χ2v) is 8.00. The van der Waals surface area contributed by atoms with Gasteiger partial charge in [-0.2, -0.15) is 0 Å². The number of rotatable bonds is 8. The third-order valence-electron chi connectivity index (χ3n) is 6.25. The molecule has 3 rings (SSSR count). The van der Waals surface area contributed by atoms with Gasteiger partial charge in [0.25, 0.3) is 0 Å². The van der Waals surface area contributed by atoms with Crippen molar-refractivity contribution in [2.45, 2.75) is 38.6 Å². The van der Waals surface area contributed by atoms with E-state index in [9.17, 15) is 0 Å². The molecule has 1 aliphatic heterocycles. The molecular weight excluding hydrogens is 463 g/mol. The Morgan fingerprint density at radius 3 is 2.39 bits per heavy atom. The fourth-order valence-corrected chi connectivity index (χ4v) is 4.23. The van der Waals surface area contributed by atoms with Gasteiger partial charge in [-0.1, -0.05) is 37.3 Å². The number of nitrogens with zero attached hydrogens (tertiary/aromatic N) is 3. The van der Waals surface area contributed by atoms with Crippen molar-refractivity contribution in [2.75, 3.05) is 53.5 Å². The second kappa shape index (κ2) is 11.4. The summed E-state index contributed by atoms with van der Waals surface area (Å²) in [7, 11) is 3.70. The van der Waals surface area contributed by atoms with Crippen LogP contribution in [0.4, 0.5) is 0 Å². The molecule has 0 radical (unpaired) electrons. The van der Waals surface area contributed by atoms with Crippen molar-refractivity contribution in [2.24, 2.45) is 10.4 Å². The monoisotopic (exact) mass is 500 g/mol. The smallest absolute Gasteiger partial charge is 0.193 e. The molecule has 1 aliphatic carbocycles. The highest BCUT2D eigenvalue weighted by molar-refractivity contribution is 14.0. The predicted molar refractivity (Wildman–Crippen MR) is 128 cm³/mol. The molecule has 1 aromatic rings. The molecule has 1 aromatic carbocycles. The summed E-state index contributed by atoms with van der Waals surface area (Å²) in [6.07, 6.45) is 4.92. The maximum absolute atomic E-state index is 5.27. The van der Waals surface area contributed by atoms with Crippen LogP contribution in [0.1, 0.15) is 44.2 Å². The summed E-state index contributed by atoms with van der Waals surface area (Å²) in [5, 5.41) is 3.64. The quantitative estimate of drug-likeness (QED) is 0.335. The average Bonchev–Trinajstić information content (AvgIpc) is 3.49. The number of benzene rings is 1. The molecule has 0 bridgehead atoms. The molecule has 1 saturated carbocycles. The number of hydrogen-bond donors (Lipinski definition) is 1. The molecule has 28 heavy (non-hydrogen) atoms. The van der Waals surface area contributed by atoms with Gasteiger partial charge in [0.1, 0.15) is 0 Å². The molecule has 2 fully saturated rings. The van der Waals surface area contributed by atoms with Crippen LogP contribution in [0.2, 0.25) is 0 Å². The first-order chi connectivity index (χ1) is 13.2. The number of aliphatic imine (C=N–C) groups is 1. The molecule has 0 spiro atoms. The third kappa shape index (κ3) is 6.07.